The summed E-state index contributed by atoms with van der Waals surface area (Å²) < 4.78 is 6.08. The number of hydrogen-bond donors (Lipinski definition) is 0. The molecule has 0 radical (unpaired) electrons. The molecule has 0 fully saturated rings. The van der Waals surface area contributed by atoms with Gasteiger partial charge in [0.15, 0.2) is 8.32 Å². The lowest BCUT2D eigenvalue weighted by Gasteiger charge is -2.38. The Bertz CT molecular complexity index is 363. The minimum atomic E-state index is -1.54. The number of nitrogens with zero attached hydrogens (tertiary/aromatic N) is 3. The second-order valence-electron chi connectivity index (χ2n) is 10.0. The second-order valence-corrected chi connectivity index (χ2v) is 14.5. The van der Waals surface area contributed by atoms with Crippen LogP contribution in [0.15, 0.2) is 0 Å². The summed E-state index contributed by atoms with van der Waals surface area (Å²) in [5, 5.41) is 0. The first kappa shape index (κ1) is 30.1. The summed E-state index contributed by atoms with van der Waals surface area (Å²) in [5.41, 5.74) is 0.486. The summed E-state index contributed by atoms with van der Waals surface area (Å²) in [7, 11) is 7.21. The molecule has 0 aliphatic carbocycles. The highest BCUT2D eigenvalue weighted by Gasteiger charge is 2.34. The standard InChI is InChI=1S/C25H57N3OSi/c1-10-26(5)21-14-17-25(18-15-22-27(6)11-2,19-16-23-28(7)12-3)20-24-30(9,13-4)29-8/h10-24H2,1-9H3. The predicted octanol–water partition coefficient (Wildman–Crippen LogP) is 5.80. The van der Waals surface area contributed by atoms with Crippen LogP contribution in [-0.2, 0) is 4.43 Å². The van der Waals surface area contributed by atoms with Gasteiger partial charge in [0.25, 0.3) is 0 Å². The fourth-order valence-electron chi connectivity index (χ4n) is 4.35. The van der Waals surface area contributed by atoms with E-state index in [9.17, 15) is 0 Å². The third kappa shape index (κ3) is 12.8. The quantitative estimate of drug-likeness (QED) is 0.221. The van der Waals surface area contributed by atoms with Gasteiger partial charge in [-0.05, 0) is 129 Å². The highest BCUT2D eigenvalue weighted by atomic mass is 28.4. The molecule has 0 spiro atoms. The number of rotatable bonds is 20. The zero-order valence-corrected chi connectivity index (χ0v) is 23.4. The molecule has 182 valence electrons. The molecule has 1 unspecified atom stereocenters. The summed E-state index contributed by atoms with van der Waals surface area (Å²) in [4.78, 5) is 7.42. The van der Waals surface area contributed by atoms with Crippen molar-refractivity contribution in [1.82, 2.24) is 14.7 Å². The van der Waals surface area contributed by atoms with Crippen molar-refractivity contribution >= 4 is 8.32 Å². The van der Waals surface area contributed by atoms with Crippen molar-refractivity contribution < 1.29 is 4.43 Å². The van der Waals surface area contributed by atoms with Crippen molar-refractivity contribution in [1.29, 1.82) is 0 Å². The molecule has 0 aliphatic heterocycles. The van der Waals surface area contributed by atoms with Crippen LogP contribution in [0.3, 0.4) is 0 Å². The Kier molecular flexibility index (Phi) is 16.7. The third-order valence-electron chi connectivity index (χ3n) is 7.79. The molecule has 1 atom stereocenters. The molecule has 0 aliphatic rings. The maximum absolute atomic E-state index is 6.08. The lowest BCUT2D eigenvalue weighted by atomic mass is 9.73. The van der Waals surface area contributed by atoms with Gasteiger partial charge in [-0.1, -0.05) is 27.7 Å². The van der Waals surface area contributed by atoms with Crippen LogP contribution in [0.2, 0.25) is 18.6 Å². The Labute approximate surface area is 191 Å². The molecule has 0 bridgehead atoms. The van der Waals surface area contributed by atoms with Gasteiger partial charge in [-0.15, -0.1) is 0 Å². The van der Waals surface area contributed by atoms with Gasteiger partial charge in [0, 0.05) is 7.11 Å². The maximum atomic E-state index is 6.08. The van der Waals surface area contributed by atoms with Gasteiger partial charge in [0.1, 0.15) is 0 Å². The summed E-state index contributed by atoms with van der Waals surface area (Å²) in [5.74, 6) is 0. The Morgan fingerprint density at radius 2 is 1.03 bits per heavy atom. The monoisotopic (exact) mass is 443 g/mol. The second kappa shape index (κ2) is 16.7. The summed E-state index contributed by atoms with van der Waals surface area (Å²) in [6.45, 7) is 18.7. The Hall–Kier alpha value is 0.0569. The zero-order valence-electron chi connectivity index (χ0n) is 22.4. The molecule has 0 heterocycles. The molecule has 0 N–H and O–H groups in total. The molecule has 0 saturated carbocycles. The third-order valence-corrected chi connectivity index (χ3v) is 11.6. The Morgan fingerprint density at radius 1 is 0.667 bits per heavy atom. The SMILES string of the molecule is CCN(C)CCCC(CCCN(C)CC)(CCCN(C)CC)CC[Si](C)(CC)OC. The van der Waals surface area contributed by atoms with E-state index in [1.165, 1.54) is 76.7 Å². The average molecular weight is 444 g/mol. The first-order chi connectivity index (χ1) is 14.2. The van der Waals surface area contributed by atoms with E-state index >= 15 is 0 Å². The van der Waals surface area contributed by atoms with E-state index in [-0.39, 0.29) is 0 Å². The maximum Gasteiger partial charge on any atom is 0.188 e. The van der Waals surface area contributed by atoms with Crippen LogP contribution in [0.25, 0.3) is 0 Å². The van der Waals surface area contributed by atoms with E-state index in [4.69, 9.17) is 4.43 Å². The lowest BCUT2D eigenvalue weighted by Crippen LogP contribution is -2.35. The van der Waals surface area contributed by atoms with E-state index in [2.05, 4.69) is 70.1 Å². The fraction of sp³-hybridized carbons (Fsp3) is 1.00. The molecule has 0 aromatic carbocycles. The van der Waals surface area contributed by atoms with Crippen LogP contribution in [-0.4, -0.2) is 90.5 Å². The van der Waals surface area contributed by atoms with Gasteiger partial charge in [0.05, 0.1) is 0 Å². The van der Waals surface area contributed by atoms with Crippen LogP contribution in [0.1, 0.15) is 72.6 Å². The summed E-state index contributed by atoms with van der Waals surface area (Å²) in [6.07, 6.45) is 9.47. The first-order valence-electron chi connectivity index (χ1n) is 12.8. The minimum absolute atomic E-state index is 0.486. The van der Waals surface area contributed by atoms with E-state index < -0.39 is 8.32 Å². The minimum Gasteiger partial charge on any atom is -0.420 e. The van der Waals surface area contributed by atoms with E-state index in [1.54, 1.807) is 0 Å². The molecule has 0 amide bonds. The van der Waals surface area contributed by atoms with Crippen LogP contribution in [0, 0.1) is 5.41 Å². The molecule has 0 rings (SSSR count). The number of hydrogen-bond acceptors (Lipinski definition) is 4. The van der Waals surface area contributed by atoms with Gasteiger partial charge in [-0.2, -0.15) is 0 Å². The Balaban J connectivity index is 5.31. The fourth-order valence-corrected chi connectivity index (χ4v) is 6.25. The van der Waals surface area contributed by atoms with Gasteiger partial charge in [-0.25, -0.2) is 0 Å². The molecular formula is C25H57N3OSi. The largest absolute Gasteiger partial charge is 0.420 e. The molecule has 4 nitrogen and oxygen atoms in total. The molecule has 0 aromatic heterocycles. The molecular weight excluding hydrogens is 386 g/mol. The van der Waals surface area contributed by atoms with Crippen molar-refractivity contribution in [2.45, 2.75) is 91.3 Å². The predicted molar refractivity (Wildman–Crippen MR) is 138 cm³/mol. The van der Waals surface area contributed by atoms with Crippen molar-refractivity contribution in [2.75, 3.05) is 67.5 Å². The van der Waals surface area contributed by atoms with Gasteiger partial charge < -0.3 is 19.1 Å². The van der Waals surface area contributed by atoms with Gasteiger partial charge >= 0.3 is 0 Å². The van der Waals surface area contributed by atoms with Crippen molar-refractivity contribution in [3.8, 4) is 0 Å². The zero-order chi connectivity index (χ0) is 23.0. The normalized spacial score (nSPS) is 14.8. The summed E-state index contributed by atoms with van der Waals surface area (Å²) in [6, 6.07) is 2.55. The van der Waals surface area contributed by atoms with Crippen LogP contribution < -0.4 is 0 Å². The molecule has 5 heteroatoms. The smallest absolute Gasteiger partial charge is 0.188 e. The van der Waals surface area contributed by atoms with Crippen LogP contribution in [0.4, 0.5) is 0 Å². The van der Waals surface area contributed by atoms with Gasteiger partial charge in [0.2, 0.25) is 0 Å². The first-order valence-corrected chi connectivity index (χ1v) is 15.6. The topological polar surface area (TPSA) is 19.0 Å². The van der Waals surface area contributed by atoms with E-state index in [1.807, 2.05) is 7.11 Å². The highest BCUT2D eigenvalue weighted by Crippen LogP contribution is 2.42. The Morgan fingerprint density at radius 3 is 1.30 bits per heavy atom. The van der Waals surface area contributed by atoms with Crippen LogP contribution >= 0.6 is 0 Å². The van der Waals surface area contributed by atoms with Crippen molar-refractivity contribution in [3.63, 3.8) is 0 Å². The molecule has 0 saturated heterocycles. The van der Waals surface area contributed by atoms with Crippen LogP contribution in [0.5, 0.6) is 0 Å². The van der Waals surface area contributed by atoms with E-state index in [0.717, 1.165) is 19.6 Å². The van der Waals surface area contributed by atoms with Crippen molar-refractivity contribution in [2.24, 2.45) is 5.41 Å². The average Bonchev–Trinajstić information content (AvgIpc) is 2.76. The lowest BCUT2D eigenvalue weighted by molar-refractivity contribution is 0.163. The molecule has 0 aromatic rings. The highest BCUT2D eigenvalue weighted by molar-refractivity contribution is 6.72. The van der Waals surface area contributed by atoms with Gasteiger partial charge in [-0.3, -0.25) is 0 Å². The summed E-state index contributed by atoms with van der Waals surface area (Å²) >= 11 is 0. The van der Waals surface area contributed by atoms with E-state index in [0.29, 0.717) is 5.41 Å². The molecule has 30 heavy (non-hydrogen) atoms. The van der Waals surface area contributed by atoms with Crippen molar-refractivity contribution in [3.05, 3.63) is 0 Å².